The van der Waals surface area contributed by atoms with Gasteiger partial charge in [-0.1, -0.05) is 42.7 Å². The minimum absolute atomic E-state index is 0.293. The standard InChI is InChI=1S/C28H34O2/c1-19-7-9-21(10-8-19)27(29)30-18-16-22-12-14-26-25-13-11-20-5-3-4-6-23(20)24(25)15-17-28(22,26)2/h3-4,7-10,20,22-26H,5-6,11-15,17H2,1-2H3/t20?,22-,23-,24+,25+,26-,28+/m0/s1. The fourth-order valence-corrected chi connectivity index (χ4v) is 7.55. The summed E-state index contributed by atoms with van der Waals surface area (Å²) in [6.45, 7) is 4.49. The van der Waals surface area contributed by atoms with E-state index in [1.165, 1.54) is 44.9 Å². The number of allylic oxidation sites excluding steroid dienone is 2. The van der Waals surface area contributed by atoms with Gasteiger partial charge >= 0.3 is 5.97 Å². The number of fused-ring (bicyclic) bond motifs is 5. The van der Waals surface area contributed by atoms with Gasteiger partial charge in [-0.15, -0.1) is 0 Å². The molecule has 0 amide bonds. The van der Waals surface area contributed by atoms with Crippen molar-refractivity contribution in [2.24, 2.45) is 40.9 Å². The molecule has 4 aliphatic carbocycles. The second-order valence-electron chi connectivity index (χ2n) is 10.6. The van der Waals surface area contributed by atoms with Crippen molar-refractivity contribution in [3.8, 4) is 12.0 Å². The van der Waals surface area contributed by atoms with Gasteiger partial charge in [0.05, 0.1) is 5.56 Å². The molecule has 4 aliphatic rings. The first kappa shape index (κ1) is 19.9. The van der Waals surface area contributed by atoms with Crippen molar-refractivity contribution in [2.75, 3.05) is 0 Å². The Balaban J connectivity index is 1.27. The zero-order valence-electron chi connectivity index (χ0n) is 18.4. The Morgan fingerprint density at radius 1 is 0.967 bits per heavy atom. The Morgan fingerprint density at radius 2 is 1.77 bits per heavy atom. The van der Waals surface area contributed by atoms with Crippen LogP contribution in [0.25, 0.3) is 0 Å². The second-order valence-corrected chi connectivity index (χ2v) is 10.6. The molecule has 5 rings (SSSR count). The van der Waals surface area contributed by atoms with Crippen LogP contribution in [0.4, 0.5) is 0 Å². The minimum Gasteiger partial charge on any atom is -0.368 e. The van der Waals surface area contributed by atoms with Gasteiger partial charge in [0.15, 0.2) is 0 Å². The quantitative estimate of drug-likeness (QED) is 0.302. The molecule has 1 aromatic carbocycles. The normalized spacial score (nSPS) is 39.1. The molecule has 0 bridgehead atoms. The van der Waals surface area contributed by atoms with Crippen LogP contribution >= 0.6 is 0 Å². The lowest BCUT2D eigenvalue weighted by Crippen LogP contribution is -2.47. The van der Waals surface area contributed by atoms with Crippen molar-refractivity contribution < 1.29 is 9.53 Å². The number of ether oxygens (including phenoxy) is 1. The Hall–Kier alpha value is -2.01. The van der Waals surface area contributed by atoms with Crippen LogP contribution in [0.1, 0.15) is 74.2 Å². The molecule has 0 spiro atoms. The SMILES string of the molecule is Cc1ccc(C(=O)OC#C[C@@H]2CC[C@H]3[C@@H]4CCC5CC=CC[C@@H]5[C@H]4CC[C@]23C)cc1. The third kappa shape index (κ3) is 3.41. The molecule has 2 nitrogen and oxygen atoms in total. The molecule has 158 valence electrons. The first-order valence-corrected chi connectivity index (χ1v) is 12.0. The van der Waals surface area contributed by atoms with E-state index in [4.69, 9.17) is 4.74 Å². The Labute approximate surface area is 181 Å². The van der Waals surface area contributed by atoms with E-state index in [0.29, 0.717) is 16.9 Å². The highest BCUT2D eigenvalue weighted by Crippen LogP contribution is 2.63. The average molecular weight is 403 g/mol. The average Bonchev–Trinajstić information content (AvgIpc) is 3.10. The first-order valence-electron chi connectivity index (χ1n) is 12.0. The molecule has 7 atom stereocenters. The molecule has 0 heterocycles. The van der Waals surface area contributed by atoms with Crippen molar-refractivity contribution in [2.45, 2.75) is 65.2 Å². The highest BCUT2D eigenvalue weighted by Gasteiger charge is 2.56. The number of aryl methyl sites for hydroxylation is 1. The molecule has 2 heteroatoms. The molecule has 1 aromatic rings. The van der Waals surface area contributed by atoms with E-state index in [2.05, 4.69) is 31.1 Å². The molecule has 0 saturated heterocycles. The van der Waals surface area contributed by atoms with Crippen LogP contribution in [0.15, 0.2) is 36.4 Å². The maximum Gasteiger partial charge on any atom is 0.352 e. The first-order chi connectivity index (χ1) is 14.6. The van der Waals surface area contributed by atoms with Crippen LogP contribution in [0.5, 0.6) is 0 Å². The summed E-state index contributed by atoms with van der Waals surface area (Å²) in [6, 6.07) is 7.48. The highest BCUT2D eigenvalue weighted by molar-refractivity contribution is 5.90. The summed E-state index contributed by atoms with van der Waals surface area (Å²) < 4.78 is 5.32. The van der Waals surface area contributed by atoms with Crippen molar-refractivity contribution in [3.05, 3.63) is 47.5 Å². The smallest absolute Gasteiger partial charge is 0.352 e. The lowest BCUT2D eigenvalue weighted by Gasteiger charge is -2.54. The summed E-state index contributed by atoms with van der Waals surface area (Å²) in [7, 11) is 0. The third-order valence-electron chi connectivity index (χ3n) is 9.20. The Kier molecular flexibility index (Phi) is 5.26. The largest absolute Gasteiger partial charge is 0.368 e. The van der Waals surface area contributed by atoms with Crippen LogP contribution in [0.2, 0.25) is 0 Å². The van der Waals surface area contributed by atoms with Gasteiger partial charge in [0.2, 0.25) is 0 Å². The predicted octanol–water partition coefficient (Wildman–Crippen LogP) is 6.55. The van der Waals surface area contributed by atoms with Gasteiger partial charge < -0.3 is 4.74 Å². The number of carbonyl (C=O) groups is 1. The number of carbonyl (C=O) groups excluding carboxylic acids is 1. The van der Waals surface area contributed by atoms with E-state index in [1.807, 2.05) is 31.2 Å². The summed E-state index contributed by atoms with van der Waals surface area (Å²) in [5.41, 5.74) is 2.00. The van der Waals surface area contributed by atoms with Gasteiger partial charge in [-0.05, 0) is 105 Å². The number of hydrogen-bond donors (Lipinski definition) is 0. The minimum atomic E-state index is -0.338. The fraction of sp³-hybridized carbons (Fsp3) is 0.607. The summed E-state index contributed by atoms with van der Waals surface area (Å²) in [6.07, 6.45) is 18.3. The number of benzene rings is 1. The van der Waals surface area contributed by atoms with Gasteiger partial charge in [-0.3, -0.25) is 0 Å². The van der Waals surface area contributed by atoms with E-state index in [9.17, 15) is 4.79 Å². The summed E-state index contributed by atoms with van der Waals surface area (Å²) in [5, 5.41) is 0. The van der Waals surface area contributed by atoms with Gasteiger partial charge in [-0.25, -0.2) is 4.79 Å². The zero-order chi connectivity index (χ0) is 20.7. The molecule has 0 aliphatic heterocycles. The molecular formula is C28H34O2. The van der Waals surface area contributed by atoms with Gasteiger partial charge in [-0.2, -0.15) is 0 Å². The van der Waals surface area contributed by atoms with Crippen molar-refractivity contribution in [1.82, 2.24) is 0 Å². The van der Waals surface area contributed by atoms with Crippen molar-refractivity contribution >= 4 is 5.97 Å². The van der Waals surface area contributed by atoms with Gasteiger partial charge in [0, 0.05) is 5.92 Å². The predicted molar refractivity (Wildman–Crippen MR) is 119 cm³/mol. The number of hydrogen-bond acceptors (Lipinski definition) is 2. The topological polar surface area (TPSA) is 26.3 Å². The van der Waals surface area contributed by atoms with Crippen LogP contribution < -0.4 is 0 Å². The highest BCUT2D eigenvalue weighted by atomic mass is 16.5. The van der Waals surface area contributed by atoms with Crippen LogP contribution in [0, 0.1) is 59.9 Å². The summed E-state index contributed by atoms with van der Waals surface area (Å²) in [4.78, 5) is 12.3. The van der Waals surface area contributed by atoms with Crippen LogP contribution in [0.3, 0.4) is 0 Å². The Morgan fingerprint density at radius 3 is 2.60 bits per heavy atom. The maximum atomic E-state index is 12.3. The third-order valence-corrected chi connectivity index (χ3v) is 9.20. The molecule has 30 heavy (non-hydrogen) atoms. The van der Waals surface area contributed by atoms with E-state index >= 15 is 0 Å². The molecule has 0 N–H and O–H groups in total. The molecule has 0 radical (unpaired) electrons. The summed E-state index contributed by atoms with van der Waals surface area (Å²) in [5.74, 6) is 7.89. The second kappa shape index (κ2) is 7.92. The molecule has 1 unspecified atom stereocenters. The lowest BCUT2D eigenvalue weighted by atomic mass is 9.50. The van der Waals surface area contributed by atoms with Crippen LogP contribution in [-0.4, -0.2) is 5.97 Å². The lowest BCUT2D eigenvalue weighted by molar-refractivity contribution is -0.0453. The molecule has 3 saturated carbocycles. The zero-order valence-corrected chi connectivity index (χ0v) is 18.4. The number of esters is 1. The molecule has 3 fully saturated rings. The van der Waals surface area contributed by atoms with E-state index in [0.717, 1.165) is 41.6 Å². The van der Waals surface area contributed by atoms with E-state index < -0.39 is 0 Å². The van der Waals surface area contributed by atoms with Gasteiger partial charge in [0.1, 0.15) is 6.11 Å². The summed E-state index contributed by atoms with van der Waals surface area (Å²) >= 11 is 0. The van der Waals surface area contributed by atoms with E-state index in [-0.39, 0.29) is 5.97 Å². The maximum absolute atomic E-state index is 12.3. The van der Waals surface area contributed by atoms with Crippen molar-refractivity contribution in [1.29, 1.82) is 0 Å². The van der Waals surface area contributed by atoms with Crippen LogP contribution in [-0.2, 0) is 4.74 Å². The Bertz CT molecular complexity index is 885. The number of rotatable bonds is 1. The molecular weight excluding hydrogens is 368 g/mol. The molecule has 0 aromatic heterocycles. The van der Waals surface area contributed by atoms with Crippen molar-refractivity contribution in [3.63, 3.8) is 0 Å². The van der Waals surface area contributed by atoms with Gasteiger partial charge in [0.25, 0.3) is 0 Å². The fourth-order valence-electron chi connectivity index (χ4n) is 7.55. The van der Waals surface area contributed by atoms with E-state index in [1.54, 1.807) is 0 Å². The monoisotopic (exact) mass is 402 g/mol.